The molecule has 122 valence electrons. The molecule has 1 aromatic carbocycles. The first kappa shape index (κ1) is 16.9. The Labute approximate surface area is 135 Å². The number of unbranched alkanes of at least 4 members (excludes halogenated alkanes) is 1. The Bertz CT molecular complexity index is 647. The molecular weight excluding hydrogens is 295 g/mol. The van der Waals surface area contributed by atoms with Gasteiger partial charge in [-0.3, -0.25) is 9.78 Å². The molecule has 0 aliphatic heterocycles. The number of carbonyl (C=O) groups is 1. The van der Waals surface area contributed by atoms with Gasteiger partial charge in [0.15, 0.2) is 0 Å². The van der Waals surface area contributed by atoms with Crippen molar-refractivity contribution in [2.75, 3.05) is 7.11 Å². The largest absolute Gasteiger partial charge is 0.496 e. The highest BCUT2D eigenvalue weighted by atomic mass is 19.1. The van der Waals surface area contributed by atoms with E-state index in [-0.39, 0.29) is 17.4 Å². The molecule has 1 N–H and O–H groups in total. The SMILES string of the molecule is CCCCC(NC(=O)c1c(F)cccc1OC)c1cccnc1. The monoisotopic (exact) mass is 316 g/mol. The maximum atomic E-state index is 14.0. The van der Waals surface area contributed by atoms with Crippen molar-refractivity contribution in [3.05, 3.63) is 59.7 Å². The van der Waals surface area contributed by atoms with E-state index in [1.807, 2.05) is 12.1 Å². The van der Waals surface area contributed by atoms with Crippen molar-refractivity contribution in [2.24, 2.45) is 0 Å². The number of nitrogens with zero attached hydrogens (tertiary/aromatic N) is 1. The van der Waals surface area contributed by atoms with Crippen LogP contribution in [0.3, 0.4) is 0 Å². The van der Waals surface area contributed by atoms with Gasteiger partial charge < -0.3 is 10.1 Å². The normalized spacial score (nSPS) is 11.8. The van der Waals surface area contributed by atoms with Gasteiger partial charge in [0.2, 0.25) is 0 Å². The summed E-state index contributed by atoms with van der Waals surface area (Å²) < 4.78 is 19.1. The minimum absolute atomic E-state index is 0.0691. The van der Waals surface area contributed by atoms with Crippen LogP contribution in [0.1, 0.15) is 48.1 Å². The predicted octanol–water partition coefficient (Wildman–Crippen LogP) is 3.89. The molecule has 0 saturated carbocycles. The molecule has 0 aliphatic rings. The average molecular weight is 316 g/mol. The molecule has 0 saturated heterocycles. The highest BCUT2D eigenvalue weighted by Gasteiger charge is 2.21. The Morgan fingerprint density at radius 1 is 1.35 bits per heavy atom. The van der Waals surface area contributed by atoms with E-state index < -0.39 is 11.7 Å². The van der Waals surface area contributed by atoms with E-state index in [1.54, 1.807) is 18.5 Å². The molecule has 1 amide bonds. The number of amides is 1. The van der Waals surface area contributed by atoms with Gasteiger partial charge in [0.05, 0.1) is 13.2 Å². The Kier molecular flexibility index (Phi) is 6.09. The summed E-state index contributed by atoms with van der Waals surface area (Å²) in [4.78, 5) is 16.6. The van der Waals surface area contributed by atoms with Crippen molar-refractivity contribution in [1.29, 1.82) is 0 Å². The van der Waals surface area contributed by atoms with Crippen LogP contribution in [0.5, 0.6) is 5.75 Å². The molecule has 0 bridgehead atoms. The number of pyridine rings is 1. The van der Waals surface area contributed by atoms with Gasteiger partial charge in [-0.1, -0.05) is 31.9 Å². The number of ether oxygens (including phenoxy) is 1. The lowest BCUT2D eigenvalue weighted by molar-refractivity contribution is 0.0926. The number of hydrogen-bond donors (Lipinski definition) is 1. The van der Waals surface area contributed by atoms with Crippen molar-refractivity contribution in [3.63, 3.8) is 0 Å². The van der Waals surface area contributed by atoms with Crippen molar-refractivity contribution in [2.45, 2.75) is 32.2 Å². The second-order valence-electron chi connectivity index (χ2n) is 5.27. The highest BCUT2D eigenvalue weighted by molar-refractivity contribution is 5.97. The van der Waals surface area contributed by atoms with Crippen LogP contribution >= 0.6 is 0 Å². The van der Waals surface area contributed by atoms with E-state index in [4.69, 9.17) is 4.74 Å². The molecule has 0 aliphatic carbocycles. The number of benzene rings is 1. The van der Waals surface area contributed by atoms with E-state index >= 15 is 0 Å². The average Bonchev–Trinajstić information content (AvgIpc) is 2.58. The van der Waals surface area contributed by atoms with Crippen LogP contribution in [-0.2, 0) is 0 Å². The quantitative estimate of drug-likeness (QED) is 0.843. The lowest BCUT2D eigenvalue weighted by Crippen LogP contribution is -2.29. The van der Waals surface area contributed by atoms with Crippen molar-refractivity contribution in [1.82, 2.24) is 10.3 Å². The zero-order chi connectivity index (χ0) is 16.7. The van der Waals surface area contributed by atoms with Crippen LogP contribution in [0.15, 0.2) is 42.7 Å². The van der Waals surface area contributed by atoms with Gasteiger partial charge in [-0.2, -0.15) is 0 Å². The Morgan fingerprint density at radius 3 is 2.83 bits per heavy atom. The predicted molar refractivity (Wildman–Crippen MR) is 86.9 cm³/mol. The maximum Gasteiger partial charge on any atom is 0.258 e. The zero-order valence-electron chi connectivity index (χ0n) is 13.4. The van der Waals surface area contributed by atoms with Gasteiger partial charge >= 0.3 is 0 Å². The molecule has 1 aromatic heterocycles. The van der Waals surface area contributed by atoms with Gasteiger partial charge in [-0.25, -0.2) is 4.39 Å². The Balaban J connectivity index is 2.24. The fraction of sp³-hybridized carbons (Fsp3) is 0.333. The number of carbonyl (C=O) groups excluding carboxylic acids is 1. The number of hydrogen-bond acceptors (Lipinski definition) is 3. The minimum atomic E-state index is -0.595. The second-order valence-corrected chi connectivity index (χ2v) is 5.27. The van der Waals surface area contributed by atoms with Gasteiger partial charge in [-0.15, -0.1) is 0 Å². The molecule has 5 heteroatoms. The van der Waals surface area contributed by atoms with Crippen LogP contribution in [0.25, 0.3) is 0 Å². The fourth-order valence-corrected chi connectivity index (χ4v) is 2.44. The Hall–Kier alpha value is -2.43. The summed E-state index contributed by atoms with van der Waals surface area (Å²) in [5.41, 5.74) is 0.838. The molecule has 0 fully saturated rings. The first-order valence-corrected chi connectivity index (χ1v) is 7.70. The summed E-state index contributed by atoms with van der Waals surface area (Å²) in [5.74, 6) is -0.852. The van der Waals surface area contributed by atoms with Gasteiger partial charge in [0, 0.05) is 12.4 Å². The summed E-state index contributed by atoms with van der Waals surface area (Å²) in [6, 6.07) is 7.86. The van der Waals surface area contributed by atoms with Crippen LogP contribution in [0, 0.1) is 5.82 Å². The summed E-state index contributed by atoms with van der Waals surface area (Å²) >= 11 is 0. The summed E-state index contributed by atoms with van der Waals surface area (Å²) in [6.45, 7) is 2.09. The zero-order valence-corrected chi connectivity index (χ0v) is 13.4. The van der Waals surface area contributed by atoms with Crippen LogP contribution in [0.4, 0.5) is 4.39 Å². The standard InChI is InChI=1S/C18H21FN2O2/c1-3-4-9-15(13-7-6-11-20-12-13)21-18(22)17-14(19)8-5-10-16(17)23-2/h5-8,10-12,15H,3-4,9H2,1-2H3,(H,21,22). The first-order chi connectivity index (χ1) is 11.2. The van der Waals surface area contributed by atoms with Gasteiger partial charge in [0.1, 0.15) is 17.1 Å². The van der Waals surface area contributed by atoms with Crippen LogP contribution < -0.4 is 10.1 Å². The molecule has 1 atom stereocenters. The molecule has 2 rings (SSSR count). The summed E-state index contributed by atoms with van der Waals surface area (Å²) in [6.07, 6.45) is 6.13. The molecule has 2 aromatic rings. The van der Waals surface area contributed by atoms with Crippen molar-refractivity contribution < 1.29 is 13.9 Å². The first-order valence-electron chi connectivity index (χ1n) is 7.70. The Morgan fingerprint density at radius 2 is 2.17 bits per heavy atom. The fourth-order valence-electron chi connectivity index (χ4n) is 2.44. The molecule has 1 heterocycles. The van der Waals surface area contributed by atoms with Crippen molar-refractivity contribution in [3.8, 4) is 5.75 Å². The number of halogens is 1. The topological polar surface area (TPSA) is 51.2 Å². The minimum Gasteiger partial charge on any atom is -0.496 e. The van der Waals surface area contributed by atoms with E-state index in [2.05, 4.69) is 17.2 Å². The molecular formula is C18H21FN2O2. The molecule has 0 radical (unpaired) electrons. The number of rotatable bonds is 7. The smallest absolute Gasteiger partial charge is 0.258 e. The third kappa shape index (κ3) is 4.28. The van der Waals surface area contributed by atoms with E-state index in [1.165, 1.54) is 19.2 Å². The number of nitrogens with one attached hydrogen (secondary N) is 1. The molecule has 1 unspecified atom stereocenters. The highest BCUT2D eigenvalue weighted by Crippen LogP contribution is 2.24. The maximum absolute atomic E-state index is 14.0. The van der Waals surface area contributed by atoms with Gasteiger partial charge in [-0.05, 0) is 30.2 Å². The van der Waals surface area contributed by atoms with E-state index in [0.717, 1.165) is 24.8 Å². The van der Waals surface area contributed by atoms with Gasteiger partial charge in [0.25, 0.3) is 5.91 Å². The van der Waals surface area contributed by atoms with Crippen LogP contribution in [-0.4, -0.2) is 18.0 Å². The second kappa shape index (κ2) is 8.27. The third-order valence-corrected chi connectivity index (χ3v) is 3.66. The molecule has 4 nitrogen and oxygen atoms in total. The molecule has 23 heavy (non-hydrogen) atoms. The van der Waals surface area contributed by atoms with E-state index in [0.29, 0.717) is 0 Å². The molecule has 0 spiro atoms. The summed E-state index contributed by atoms with van der Waals surface area (Å²) in [7, 11) is 1.42. The number of methoxy groups -OCH3 is 1. The summed E-state index contributed by atoms with van der Waals surface area (Å²) in [5, 5.41) is 2.90. The lowest BCUT2D eigenvalue weighted by atomic mass is 10.0. The van der Waals surface area contributed by atoms with Crippen LogP contribution in [0.2, 0.25) is 0 Å². The van der Waals surface area contributed by atoms with E-state index in [9.17, 15) is 9.18 Å². The van der Waals surface area contributed by atoms with Crippen molar-refractivity contribution >= 4 is 5.91 Å². The number of aromatic nitrogens is 1. The third-order valence-electron chi connectivity index (χ3n) is 3.66. The lowest BCUT2D eigenvalue weighted by Gasteiger charge is -2.19.